The standard InChI is InChI=1S/C11H11NO4/c13-8-4-6(11(14)15)3-7-9(8)16-10(12-7)5-1-2-5/h5-6H,1-4H2,(H,14,15). The lowest BCUT2D eigenvalue weighted by Gasteiger charge is -2.14. The molecule has 16 heavy (non-hydrogen) atoms. The summed E-state index contributed by atoms with van der Waals surface area (Å²) in [4.78, 5) is 26.8. The molecule has 1 aromatic heterocycles. The van der Waals surface area contributed by atoms with E-state index in [0.717, 1.165) is 12.8 Å². The van der Waals surface area contributed by atoms with Gasteiger partial charge in [-0.15, -0.1) is 0 Å². The van der Waals surface area contributed by atoms with Crippen molar-refractivity contribution in [3.63, 3.8) is 0 Å². The van der Waals surface area contributed by atoms with Gasteiger partial charge in [-0.1, -0.05) is 0 Å². The number of fused-ring (bicyclic) bond motifs is 1. The smallest absolute Gasteiger partial charge is 0.307 e. The number of aromatic nitrogens is 1. The highest BCUT2D eigenvalue weighted by Gasteiger charge is 2.37. The first kappa shape index (κ1) is 9.57. The van der Waals surface area contributed by atoms with Gasteiger partial charge in [0.1, 0.15) is 0 Å². The second-order valence-electron chi connectivity index (χ2n) is 4.47. The highest BCUT2D eigenvalue weighted by atomic mass is 16.4. The Bertz CT molecular complexity index is 472. The van der Waals surface area contributed by atoms with Gasteiger partial charge in [0.25, 0.3) is 0 Å². The number of carbonyl (C=O) groups is 2. The zero-order valence-electron chi connectivity index (χ0n) is 8.60. The van der Waals surface area contributed by atoms with Crippen LogP contribution in [0.15, 0.2) is 4.42 Å². The lowest BCUT2D eigenvalue weighted by atomic mass is 9.89. The first-order valence-corrected chi connectivity index (χ1v) is 5.40. The average Bonchev–Trinajstić information content (AvgIpc) is 2.98. The fourth-order valence-corrected chi connectivity index (χ4v) is 2.03. The van der Waals surface area contributed by atoms with Gasteiger partial charge in [-0.2, -0.15) is 0 Å². The number of ketones is 1. The molecule has 5 nitrogen and oxygen atoms in total. The number of carboxylic acids is 1. The third-order valence-corrected chi connectivity index (χ3v) is 3.11. The van der Waals surface area contributed by atoms with E-state index in [1.54, 1.807) is 0 Å². The van der Waals surface area contributed by atoms with Crippen molar-refractivity contribution in [3.8, 4) is 0 Å². The number of oxazole rings is 1. The van der Waals surface area contributed by atoms with Gasteiger partial charge in [0.15, 0.2) is 11.7 Å². The van der Waals surface area contributed by atoms with E-state index in [9.17, 15) is 9.59 Å². The monoisotopic (exact) mass is 221 g/mol. The van der Waals surface area contributed by atoms with Crippen molar-refractivity contribution in [1.82, 2.24) is 4.98 Å². The molecule has 0 radical (unpaired) electrons. The van der Waals surface area contributed by atoms with E-state index in [1.807, 2.05) is 0 Å². The summed E-state index contributed by atoms with van der Waals surface area (Å²) in [7, 11) is 0. The van der Waals surface area contributed by atoms with E-state index in [1.165, 1.54) is 0 Å². The number of aliphatic carboxylic acids is 1. The molecule has 5 heteroatoms. The van der Waals surface area contributed by atoms with Crippen LogP contribution in [0.4, 0.5) is 0 Å². The number of hydrogen-bond acceptors (Lipinski definition) is 4. The molecular weight excluding hydrogens is 210 g/mol. The van der Waals surface area contributed by atoms with Gasteiger partial charge in [-0.05, 0) is 12.8 Å². The van der Waals surface area contributed by atoms with Crippen LogP contribution < -0.4 is 0 Å². The Hall–Kier alpha value is -1.65. The lowest BCUT2D eigenvalue weighted by molar-refractivity contribution is -0.141. The summed E-state index contributed by atoms with van der Waals surface area (Å²) in [5, 5.41) is 8.90. The maximum Gasteiger partial charge on any atom is 0.307 e. The van der Waals surface area contributed by atoms with E-state index in [-0.39, 0.29) is 12.2 Å². The molecule has 0 aromatic carbocycles. The summed E-state index contributed by atoms with van der Waals surface area (Å²) in [6.45, 7) is 0. The fourth-order valence-electron chi connectivity index (χ4n) is 2.03. The minimum Gasteiger partial charge on any atom is -0.481 e. The molecule has 1 N–H and O–H groups in total. The van der Waals surface area contributed by atoms with Crippen LogP contribution in [0.5, 0.6) is 0 Å². The largest absolute Gasteiger partial charge is 0.481 e. The number of carbonyl (C=O) groups excluding carboxylic acids is 1. The molecule has 1 saturated carbocycles. The van der Waals surface area contributed by atoms with Crippen molar-refractivity contribution in [2.45, 2.75) is 31.6 Å². The van der Waals surface area contributed by atoms with Crippen molar-refractivity contribution >= 4 is 11.8 Å². The molecule has 0 spiro atoms. The van der Waals surface area contributed by atoms with Crippen molar-refractivity contribution in [2.24, 2.45) is 5.92 Å². The normalized spacial score (nSPS) is 24.2. The second kappa shape index (κ2) is 3.17. The number of carboxylic acid groups (broad SMARTS) is 1. The minimum atomic E-state index is -0.935. The van der Waals surface area contributed by atoms with Gasteiger partial charge < -0.3 is 9.52 Å². The number of hydrogen-bond donors (Lipinski definition) is 1. The van der Waals surface area contributed by atoms with Gasteiger partial charge >= 0.3 is 5.97 Å². The zero-order chi connectivity index (χ0) is 11.3. The molecule has 0 aliphatic heterocycles. The van der Waals surface area contributed by atoms with E-state index in [2.05, 4.69) is 4.98 Å². The van der Waals surface area contributed by atoms with Gasteiger partial charge in [-0.25, -0.2) is 4.98 Å². The number of Topliss-reactive ketones (excluding diaryl/α,β-unsaturated/α-hetero) is 1. The number of nitrogens with zero attached hydrogens (tertiary/aromatic N) is 1. The molecule has 1 heterocycles. The summed E-state index contributed by atoms with van der Waals surface area (Å²) in [5.74, 6) is -0.550. The molecule has 1 fully saturated rings. The fraction of sp³-hybridized carbons (Fsp3) is 0.545. The highest BCUT2D eigenvalue weighted by Crippen LogP contribution is 2.41. The predicted molar refractivity (Wildman–Crippen MR) is 52.3 cm³/mol. The summed E-state index contributed by atoms with van der Waals surface area (Å²) >= 11 is 0. The third-order valence-electron chi connectivity index (χ3n) is 3.11. The Morgan fingerprint density at radius 2 is 2.12 bits per heavy atom. The molecule has 84 valence electrons. The van der Waals surface area contributed by atoms with Gasteiger partial charge in [0.05, 0.1) is 11.6 Å². The van der Waals surface area contributed by atoms with Crippen LogP contribution in [-0.2, 0) is 11.2 Å². The average molecular weight is 221 g/mol. The first-order chi connectivity index (χ1) is 7.65. The quantitative estimate of drug-likeness (QED) is 0.815. The second-order valence-corrected chi connectivity index (χ2v) is 4.47. The molecule has 1 aromatic rings. The van der Waals surface area contributed by atoms with E-state index in [4.69, 9.17) is 9.52 Å². The Labute approximate surface area is 91.5 Å². The minimum absolute atomic E-state index is 0.0294. The molecule has 2 aliphatic rings. The molecule has 2 aliphatic carbocycles. The Morgan fingerprint density at radius 1 is 1.38 bits per heavy atom. The maximum atomic E-state index is 11.7. The van der Waals surface area contributed by atoms with Crippen LogP contribution >= 0.6 is 0 Å². The Morgan fingerprint density at radius 3 is 2.75 bits per heavy atom. The first-order valence-electron chi connectivity index (χ1n) is 5.40. The third kappa shape index (κ3) is 1.43. The van der Waals surface area contributed by atoms with Gasteiger partial charge in [0, 0.05) is 18.8 Å². The van der Waals surface area contributed by atoms with Gasteiger partial charge in [0.2, 0.25) is 5.78 Å². The summed E-state index contributed by atoms with van der Waals surface area (Å²) in [6.07, 6.45) is 2.44. The van der Waals surface area contributed by atoms with Crippen molar-refractivity contribution in [1.29, 1.82) is 0 Å². The Kier molecular flexibility index (Phi) is 1.89. The number of rotatable bonds is 2. The van der Waals surface area contributed by atoms with Crippen LogP contribution in [0.1, 0.15) is 47.3 Å². The summed E-state index contributed by atoms with van der Waals surface area (Å²) in [6, 6.07) is 0. The Balaban J connectivity index is 1.94. The van der Waals surface area contributed by atoms with Crippen LogP contribution in [0, 0.1) is 5.92 Å². The maximum absolute atomic E-state index is 11.7. The highest BCUT2D eigenvalue weighted by molar-refractivity contribution is 5.98. The van der Waals surface area contributed by atoms with Crippen LogP contribution in [0.2, 0.25) is 0 Å². The SMILES string of the molecule is O=C1CC(C(=O)O)Cc2nc(C3CC3)oc21. The van der Waals surface area contributed by atoms with Crippen molar-refractivity contribution in [3.05, 3.63) is 17.3 Å². The molecule has 0 saturated heterocycles. The van der Waals surface area contributed by atoms with E-state index in [0.29, 0.717) is 29.7 Å². The van der Waals surface area contributed by atoms with E-state index >= 15 is 0 Å². The molecule has 1 unspecified atom stereocenters. The van der Waals surface area contributed by atoms with Crippen LogP contribution in [-0.4, -0.2) is 21.8 Å². The molecular formula is C11H11NO4. The topological polar surface area (TPSA) is 80.4 Å². The van der Waals surface area contributed by atoms with E-state index < -0.39 is 11.9 Å². The summed E-state index contributed by atoms with van der Waals surface area (Å²) in [5.41, 5.74) is 0.533. The van der Waals surface area contributed by atoms with Crippen molar-refractivity contribution in [2.75, 3.05) is 0 Å². The molecule has 0 amide bonds. The predicted octanol–water partition coefficient (Wildman–Crippen LogP) is 1.38. The van der Waals surface area contributed by atoms with Crippen LogP contribution in [0.3, 0.4) is 0 Å². The lowest BCUT2D eigenvalue weighted by Crippen LogP contribution is -2.25. The van der Waals surface area contributed by atoms with Gasteiger partial charge in [-0.3, -0.25) is 9.59 Å². The molecule has 3 rings (SSSR count). The van der Waals surface area contributed by atoms with Crippen molar-refractivity contribution < 1.29 is 19.1 Å². The molecule has 1 atom stereocenters. The molecule has 0 bridgehead atoms. The van der Waals surface area contributed by atoms with Crippen LogP contribution in [0.25, 0.3) is 0 Å². The zero-order valence-corrected chi connectivity index (χ0v) is 8.60. The summed E-state index contributed by atoms with van der Waals surface area (Å²) < 4.78 is 5.42.